The maximum Gasteiger partial charge on any atom is 0.213 e. The molecule has 0 saturated heterocycles. The summed E-state index contributed by atoms with van der Waals surface area (Å²) in [5.74, 6) is 2.15. The van der Waals surface area contributed by atoms with Gasteiger partial charge in [0.2, 0.25) is 10.0 Å². The molecule has 134 valence electrons. The summed E-state index contributed by atoms with van der Waals surface area (Å²) < 4.78 is 26.6. The molecule has 0 heterocycles. The van der Waals surface area contributed by atoms with E-state index in [1.54, 1.807) is 7.05 Å². The first-order chi connectivity index (χ1) is 11.0. The summed E-state index contributed by atoms with van der Waals surface area (Å²) in [6.45, 7) is 3.27. The van der Waals surface area contributed by atoms with Gasteiger partial charge < -0.3 is 10.6 Å². The minimum Gasteiger partial charge on any atom is -0.355 e. The third kappa shape index (κ3) is 6.67. The molecule has 0 unspecified atom stereocenters. The van der Waals surface area contributed by atoms with Crippen molar-refractivity contribution in [2.45, 2.75) is 57.9 Å². The second kappa shape index (κ2) is 8.87. The van der Waals surface area contributed by atoms with Crippen molar-refractivity contribution >= 4 is 16.0 Å². The lowest BCUT2D eigenvalue weighted by atomic mass is 9.86. The van der Waals surface area contributed by atoms with Crippen LogP contribution >= 0.6 is 0 Å². The van der Waals surface area contributed by atoms with E-state index in [2.05, 4.69) is 27.3 Å². The number of hydrogen-bond acceptors (Lipinski definition) is 3. The summed E-state index contributed by atoms with van der Waals surface area (Å²) in [4.78, 5) is 4.20. The first-order valence-corrected chi connectivity index (χ1v) is 10.6. The second-order valence-corrected chi connectivity index (χ2v) is 8.99. The summed E-state index contributed by atoms with van der Waals surface area (Å²) in [5.41, 5.74) is 0. The SMILES string of the molecule is CN=C(NCCS(=O)(=O)NCC1CCC1)NC1CCC(C)CC1. The average Bonchev–Trinajstić information content (AvgIpc) is 2.46. The van der Waals surface area contributed by atoms with Gasteiger partial charge in [-0.1, -0.05) is 13.3 Å². The standard InChI is InChI=1S/C16H32N4O2S/c1-13-6-8-15(9-7-13)20-16(17-2)18-10-11-23(21,22)19-12-14-4-3-5-14/h13-15,19H,3-12H2,1-2H3,(H2,17,18,20). The Kier molecular flexibility index (Phi) is 7.14. The Bertz CT molecular complexity index is 480. The van der Waals surface area contributed by atoms with E-state index in [-0.39, 0.29) is 5.75 Å². The number of sulfonamides is 1. The van der Waals surface area contributed by atoms with Crippen LogP contribution in [0.5, 0.6) is 0 Å². The lowest BCUT2D eigenvalue weighted by molar-refractivity contribution is 0.316. The van der Waals surface area contributed by atoms with Crippen LogP contribution in [0.2, 0.25) is 0 Å². The molecule has 2 aliphatic carbocycles. The van der Waals surface area contributed by atoms with Gasteiger partial charge in [0.25, 0.3) is 0 Å². The lowest BCUT2D eigenvalue weighted by Gasteiger charge is -2.28. The number of guanidine groups is 1. The maximum absolute atomic E-state index is 12.0. The van der Waals surface area contributed by atoms with E-state index >= 15 is 0 Å². The van der Waals surface area contributed by atoms with Crippen LogP contribution in [0.25, 0.3) is 0 Å². The van der Waals surface area contributed by atoms with Crippen LogP contribution in [0.4, 0.5) is 0 Å². The van der Waals surface area contributed by atoms with E-state index in [9.17, 15) is 8.42 Å². The van der Waals surface area contributed by atoms with Crippen LogP contribution in [0.3, 0.4) is 0 Å². The molecule has 0 atom stereocenters. The molecular weight excluding hydrogens is 312 g/mol. The van der Waals surface area contributed by atoms with Crippen LogP contribution in [0, 0.1) is 11.8 Å². The summed E-state index contributed by atoms with van der Waals surface area (Å²) in [6.07, 6.45) is 8.33. The number of nitrogens with zero attached hydrogens (tertiary/aromatic N) is 1. The third-order valence-corrected chi connectivity index (χ3v) is 6.41. The fourth-order valence-corrected chi connectivity index (χ4v) is 4.11. The number of nitrogens with one attached hydrogen (secondary N) is 3. The predicted molar refractivity (Wildman–Crippen MR) is 95.0 cm³/mol. The van der Waals surface area contributed by atoms with Crippen LogP contribution < -0.4 is 15.4 Å². The predicted octanol–water partition coefficient (Wildman–Crippen LogP) is 1.45. The third-order valence-electron chi connectivity index (χ3n) is 5.06. The maximum atomic E-state index is 12.0. The molecule has 6 nitrogen and oxygen atoms in total. The highest BCUT2D eigenvalue weighted by Gasteiger charge is 2.21. The molecule has 0 bridgehead atoms. The first kappa shape index (κ1) is 18.5. The van der Waals surface area contributed by atoms with E-state index in [0.29, 0.717) is 31.0 Å². The van der Waals surface area contributed by atoms with Crippen LogP contribution in [-0.2, 0) is 10.0 Å². The van der Waals surface area contributed by atoms with E-state index in [1.165, 1.54) is 19.3 Å². The Hall–Kier alpha value is -0.820. The van der Waals surface area contributed by atoms with E-state index in [0.717, 1.165) is 31.6 Å². The van der Waals surface area contributed by atoms with E-state index in [4.69, 9.17) is 0 Å². The Morgan fingerprint density at radius 3 is 2.39 bits per heavy atom. The lowest BCUT2D eigenvalue weighted by Crippen LogP contribution is -2.46. The Balaban J connectivity index is 1.64. The van der Waals surface area contributed by atoms with Gasteiger partial charge >= 0.3 is 0 Å². The smallest absolute Gasteiger partial charge is 0.213 e. The highest BCUT2D eigenvalue weighted by molar-refractivity contribution is 7.89. The van der Waals surface area contributed by atoms with Gasteiger partial charge in [-0.15, -0.1) is 0 Å². The second-order valence-electron chi connectivity index (χ2n) is 7.06. The van der Waals surface area contributed by atoms with Crippen molar-refractivity contribution in [3.8, 4) is 0 Å². The molecule has 0 aromatic rings. The van der Waals surface area contributed by atoms with Crippen molar-refractivity contribution in [1.29, 1.82) is 0 Å². The van der Waals surface area contributed by atoms with Gasteiger partial charge in [0, 0.05) is 26.2 Å². The molecule has 0 amide bonds. The molecule has 2 fully saturated rings. The molecule has 0 radical (unpaired) electrons. The van der Waals surface area contributed by atoms with Gasteiger partial charge in [-0.3, -0.25) is 4.99 Å². The summed E-state index contributed by atoms with van der Waals surface area (Å²) in [7, 11) is -1.47. The van der Waals surface area contributed by atoms with Crippen molar-refractivity contribution in [2.24, 2.45) is 16.8 Å². The molecule has 2 saturated carbocycles. The minimum absolute atomic E-state index is 0.0854. The normalized spacial score (nSPS) is 26.6. The molecule has 0 aliphatic heterocycles. The largest absolute Gasteiger partial charge is 0.355 e. The van der Waals surface area contributed by atoms with Crippen molar-refractivity contribution in [3.63, 3.8) is 0 Å². The highest BCUT2D eigenvalue weighted by Crippen LogP contribution is 2.25. The summed E-state index contributed by atoms with van der Waals surface area (Å²) >= 11 is 0. The molecule has 0 spiro atoms. The van der Waals surface area contributed by atoms with Gasteiger partial charge in [-0.25, -0.2) is 13.1 Å². The molecule has 0 aromatic carbocycles. The van der Waals surface area contributed by atoms with Crippen LogP contribution in [-0.4, -0.2) is 46.3 Å². The van der Waals surface area contributed by atoms with Crippen LogP contribution in [0.1, 0.15) is 51.9 Å². The Morgan fingerprint density at radius 2 is 1.83 bits per heavy atom. The zero-order valence-electron chi connectivity index (χ0n) is 14.5. The number of aliphatic imine (C=N–C) groups is 1. The zero-order valence-corrected chi connectivity index (χ0v) is 15.3. The molecule has 0 aromatic heterocycles. The van der Waals surface area contributed by atoms with Gasteiger partial charge in [-0.2, -0.15) is 0 Å². The van der Waals surface area contributed by atoms with Gasteiger partial charge in [-0.05, 0) is 50.4 Å². The van der Waals surface area contributed by atoms with Crippen molar-refractivity contribution < 1.29 is 8.42 Å². The average molecular weight is 345 g/mol. The highest BCUT2D eigenvalue weighted by atomic mass is 32.2. The first-order valence-electron chi connectivity index (χ1n) is 8.93. The van der Waals surface area contributed by atoms with E-state index < -0.39 is 10.0 Å². The number of rotatable bonds is 7. The van der Waals surface area contributed by atoms with Gasteiger partial charge in [0.1, 0.15) is 0 Å². The molecule has 3 N–H and O–H groups in total. The molecule has 7 heteroatoms. The Morgan fingerprint density at radius 1 is 1.13 bits per heavy atom. The topological polar surface area (TPSA) is 82.6 Å². The number of hydrogen-bond donors (Lipinski definition) is 3. The Labute approximate surface area is 141 Å². The fourth-order valence-electron chi connectivity index (χ4n) is 3.11. The summed E-state index contributed by atoms with van der Waals surface area (Å²) in [5, 5.41) is 6.52. The van der Waals surface area contributed by atoms with Crippen molar-refractivity contribution in [1.82, 2.24) is 15.4 Å². The molecule has 23 heavy (non-hydrogen) atoms. The quantitative estimate of drug-likeness (QED) is 0.482. The van der Waals surface area contributed by atoms with Crippen molar-refractivity contribution in [2.75, 3.05) is 25.9 Å². The molecule has 2 rings (SSSR count). The van der Waals surface area contributed by atoms with Gasteiger partial charge in [0.15, 0.2) is 5.96 Å². The van der Waals surface area contributed by atoms with Crippen LogP contribution in [0.15, 0.2) is 4.99 Å². The monoisotopic (exact) mass is 344 g/mol. The van der Waals surface area contributed by atoms with Gasteiger partial charge in [0.05, 0.1) is 5.75 Å². The molecular formula is C16H32N4O2S. The van der Waals surface area contributed by atoms with E-state index in [1.807, 2.05) is 0 Å². The zero-order chi connectivity index (χ0) is 16.7. The van der Waals surface area contributed by atoms with Crippen molar-refractivity contribution in [3.05, 3.63) is 0 Å². The molecule has 2 aliphatic rings. The fraction of sp³-hybridized carbons (Fsp3) is 0.938. The summed E-state index contributed by atoms with van der Waals surface area (Å²) in [6, 6.07) is 0.450. The minimum atomic E-state index is -3.19.